The van der Waals surface area contributed by atoms with Crippen LogP contribution in [0.3, 0.4) is 0 Å². The van der Waals surface area contributed by atoms with Crippen LogP contribution >= 0.6 is 27.3 Å². The van der Waals surface area contributed by atoms with Gasteiger partial charge in [0, 0.05) is 4.47 Å². The molecule has 0 unspecified atom stereocenters. The first-order valence-electron chi connectivity index (χ1n) is 5.42. The van der Waals surface area contributed by atoms with E-state index in [-0.39, 0.29) is 0 Å². The maximum atomic E-state index is 11.9. The largest absolute Gasteiger partial charge is 0.499 e. The first-order valence-corrected chi connectivity index (χ1v) is 7.02. The van der Waals surface area contributed by atoms with Crippen molar-refractivity contribution >= 4 is 39.1 Å². The molecule has 102 valence electrons. The molecule has 1 aromatic heterocycles. The van der Waals surface area contributed by atoms with E-state index < -0.39 is 26.8 Å². The van der Waals surface area contributed by atoms with Crippen molar-refractivity contribution in [3.63, 3.8) is 0 Å². The lowest BCUT2D eigenvalue weighted by Gasteiger charge is -1.97. The normalized spacial score (nSPS) is 10.8. The Morgan fingerprint density at radius 3 is 2.50 bits per heavy atom. The zero-order chi connectivity index (χ0) is 14.7. The molecule has 0 aliphatic carbocycles. The van der Waals surface area contributed by atoms with E-state index in [0.29, 0.717) is 11.3 Å². The lowest BCUT2D eigenvalue weighted by molar-refractivity contribution is 0.104. The summed E-state index contributed by atoms with van der Waals surface area (Å²) in [4.78, 5) is 35.6. The topological polar surface area (TPSA) is 87.2 Å². The van der Waals surface area contributed by atoms with Crippen LogP contribution in [0.1, 0.15) is 15.9 Å². The molecule has 0 radical (unpaired) electrons. The number of aromatic amines is 1. The Bertz CT molecular complexity index is 789. The number of carbonyl (C=O) groups excluding carboxylic acids is 1. The third-order valence-electron chi connectivity index (χ3n) is 2.39. The highest BCUT2D eigenvalue weighted by Crippen LogP contribution is 2.16. The molecular formula is C13H8BrNO4S. The summed E-state index contributed by atoms with van der Waals surface area (Å²) in [6.07, 6.45) is 2.69. The highest BCUT2D eigenvalue weighted by Gasteiger charge is 2.15. The first kappa shape index (κ1) is 14.4. The van der Waals surface area contributed by atoms with Gasteiger partial charge in [-0.1, -0.05) is 34.1 Å². The molecule has 0 saturated carbocycles. The van der Waals surface area contributed by atoms with Crippen molar-refractivity contribution in [1.29, 1.82) is 0 Å². The molecule has 2 N–H and O–H groups in total. The number of hydrogen-bond acceptors (Lipinski definition) is 5. The SMILES string of the molecule is O=C(/C=C/c1ccc(Br)cc1)c1c(O)sc(=O)[nH]c1=O. The number of benzene rings is 1. The third-order valence-corrected chi connectivity index (χ3v) is 3.60. The van der Waals surface area contributed by atoms with Gasteiger partial charge in [-0.15, -0.1) is 0 Å². The Morgan fingerprint density at radius 1 is 1.25 bits per heavy atom. The summed E-state index contributed by atoms with van der Waals surface area (Å²) >= 11 is 3.70. The fraction of sp³-hybridized carbons (Fsp3) is 0. The van der Waals surface area contributed by atoms with Gasteiger partial charge >= 0.3 is 4.87 Å². The van der Waals surface area contributed by atoms with Crippen LogP contribution in [0.15, 0.2) is 44.4 Å². The zero-order valence-electron chi connectivity index (χ0n) is 9.92. The highest BCUT2D eigenvalue weighted by atomic mass is 79.9. The summed E-state index contributed by atoms with van der Waals surface area (Å²) in [6.45, 7) is 0. The van der Waals surface area contributed by atoms with Crippen LogP contribution in [-0.4, -0.2) is 15.9 Å². The molecule has 20 heavy (non-hydrogen) atoms. The standard InChI is InChI=1S/C13H8BrNO4S/c14-8-4-1-7(2-5-8)3-6-9(16)10-11(17)15-13(19)20-12(10)18/h1-6,18H,(H,15,17,19)/b6-3+. The lowest BCUT2D eigenvalue weighted by atomic mass is 10.1. The second-order valence-electron chi connectivity index (χ2n) is 3.77. The van der Waals surface area contributed by atoms with Gasteiger partial charge < -0.3 is 5.11 Å². The molecule has 5 nitrogen and oxygen atoms in total. The number of ketones is 1. The monoisotopic (exact) mass is 353 g/mol. The second-order valence-corrected chi connectivity index (χ2v) is 5.65. The van der Waals surface area contributed by atoms with Crippen molar-refractivity contribution in [3.8, 4) is 5.06 Å². The number of hydrogen-bond donors (Lipinski definition) is 2. The number of carbonyl (C=O) groups is 1. The summed E-state index contributed by atoms with van der Waals surface area (Å²) < 4.78 is 0.905. The molecule has 0 fully saturated rings. The number of allylic oxidation sites excluding steroid dienone is 1. The maximum Gasteiger partial charge on any atom is 0.310 e. The Labute approximate surface area is 125 Å². The number of aromatic hydroxyl groups is 1. The van der Waals surface area contributed by atoms with Crippen LogP contribution in [0.25, 0.3) is 6.08 Å². The van der Waals surface area contributed by atoms with E-state index in [9.17, 15) is 19.5 Å². The van der Waals surface area contributed by atoms with Gasteiger partial charge in [0.05, 0.1) is 0 Å². The summed E-state index contributed by atoms with van der Waals surface area (Å²) in [5.41, 5.74) is -0.554. The second kappa shape index (κ2) is 5.98. The van der Waals surface area contributed by atoms with Gasteiger partial charge in [0.15, 0.2) is 10.8 Å². The summed E-state index contributed by atoms with van der Waals surface area (Å²) in [5, 5.41) is 8.93. The van der Waals surface area contributed by atoms with Crippen LogP contribution in [0.2, 0.25) is 0 Å². The molecule has 0 bridgehead atoms. The molecule has 0 atom stereocenters. The van der Waals surface area contributed by atoms with E-state index >= 15 is 0 Å². The van der Waals surface area contributed by atoms with Gasteiger partial charge in [-0.2, -0.15) is 0 Å². The predicted octanol–water partition coefficient (Wildman–Crippen LogP) is 2.16. The van der Waals surface area contributed by atoms with Crippen LogP contribution in [-0.2, 0) is 0 Å². The van der Waals surface area contributed by atoms with Gasteiger partial charge in [-0.05, 0) is 35.1 Å². The Kier molecular flexibility index (Phi) is 4.31. The fourth-order valence-electron chi connectivity index (χ4n) is 1.46. The van der Waals surface area contributed by atoms with Crippen molar-refractivity contribution < 1.29 is 9.90 Å². The van der Waals surface area contributed by atoms with Crippen LogP contribution in [0.4, 0.5) is 0 Å². The minimum absolute atomic E-state index is 0.408. The minimum Gasteiger partial charge on any atom is -0.499 e. The van der Waals surface area contributed by atoms with Gasteiger partial charge in [-0.25, -0.2) is 0 Å². The van der Waals surface area contributed by atoms with Gasteiger partial charge in [0.1, 0.15) is 5.56 Å². The van der Waals surface area contributed by atoms with E-state index in [1.165, 1.54) is 12.2 Å². The van der Waals surface area contributed by atoms with E-state index in [4.69, 9.17) is 0 Å². The smallest absolute Gasteiger partial charge is 0.310 e. The molecule has 0 spiro atoms. The Morgan fingerprint density at radius 2 is 1.90 bits per heavy atom. The minimum atomic E-state index is -0.892. The lowest BCUT2D eigenvalue weighted by Crippen LogP contribution is -2.22. The van der Waals surface area contributed by atoms with E-state index in [2.05, 4.69) is 15.9 Å². The quantitative estimate of drug-likeness (QED) is 0.653. The van der Waals surface area contributed by atoms with Gasteiger partial charge in [0.25, 0.3) is 5.56 Å². The maximum absolute atomic E-state index is 11.9. The number of rotatable bonds is 3. The van der Waals surface area contributed by atoms with Crippen molar-refractivity contribution in [2.24, 2.45) is 0 Å². The van der Waals surface area contributed by atoms with Gasteiger partial charge in [0.2, 0.25) is 0 Å². The average Bonchev–Trinajstić information content (AvgIpc) is 2.37. The van der Waals surface area contributed by atoms with Crippen molar-refractivity contribution in [3.05, 3.63) is 66.0 Å². The Balaban J connectivity index is 2.31. The highest BCUT2D eigenvalue weighted by molar-refractivity contribution is 9.10. The molecule has 0 aliphatic rings. The van der Waals surface area contributed by atoms with E-state index in [1.807, 2.05) is 17.1 Å². The summed E-state index contributed by atoms with van der Waals surface area (Å²) in [5.74, 6) is -0.664. The number of halogens is 1. The molecule has 7 heteroatoms. The third kappa shape index (κ3) is 3.31. The fourth-order valence-corrected chi connectivity index (χ4v) is 2.34. The van der Waals surface area contributed by atoms with Gasteiger partial charge in [-0.3, -0.25) is 19.4 Å². The number of H-pyrrole nitrogens is 1. The van der Waals surface area contributed by atoms with Crippen molar-refractivity contribution in [2.75, 3.05) is 0 Å². The molecule has 1 aromatic carbocycles. The molecule has 2 aromatic rings. The molecule has 1 heterocycles. The van der Waals surface area contributed by atoms with Crippen LogP contribution in [0, 0.1) is 0 Å². The molecule has 0 aliphatic heterocycles. The van der Waals surface area contributed by atoms with Crippen LogP contribution < -0.4 is 10.4 Å². The summed E-state index contributed by atoms with van der Waals surface area (Å²) in [6, 6.07) is 7.17. The van der Waals surface area contributed by atoms with Crippen LogP contribution in [0.5, 0.6) is 5.06 Å². The molecular weight excluding hydrogens is 346 g/mol. The van der Waals surface area contributed by atoms with E-state index in [0.717, 1.165) is 10.0 Å². The summed E-state index contributed by atoms with van der Waals surface area (Å²) in [7, 11) is 0. The molecule has 2 rings (SSSR count). The number of aromatic nitrogens is 1. The first-order chi connectivity index (χ1) is 9.47. The number of nitrogens with one attached hydrogen (secondary N) is 1. The zero-order valence-corrected chi connectivity index (χ0v) is 12.3. The predicted molar refractivity (Wildman–Crippen MR) is 80.4 cm³/mol. The Hall–Kier alpha value is -1.99. The average molecular weight is 354 g/mol. The van der Waals surface area contributed by atoms with E-state index in [1.54, 1.807) is 12.1 Å². The molecule has 0 saturated heterocycles. The molecule has 0 amide bonds. The van der Waals surface area contributed by atoms with Crippen molar-refractivity contribution in [1.82, 2.24) is 4.98 Å². The van der Waals surface area contributed by atoms with Crippen molar-refractivity contribution in [2.45, 2.75) is 0 Å².